The summed E-state index contributed by atoms with van der Waals surface area (Å²) >= 11 is 6.20. The number of benzene rings is 2. The molecule has 0 fully saturated rings. The Balaban J connectivity index is 1.79. The van der Waals surface area contributed by atoms with Crippen molar-refractivity contribution in [3.63, 3.8) is 0 Å². The summed E-state index contributed by atoms with van der Waals surface area (Å²) in [7, 11) is 0. The number of pyridine rings is 1. The van der Waals surface area contributed by atoms with Crippen molar-refractivity contribution in [3.8, 4) is 11.5 Å². The lowest BCUT2D eigenvalue weighted by molar-refractivity contribution is -0.157. The van der Waals surface area contributed by atoms with Crippen LogP contribution >= 0.6 is 11.6 Å². The van der Waals surface area contributed by atoms with Gasteiger partial charge in [0.1, 0.15) is 11.3 Å². The molecule has 3 aromatic rings. The van der Waals surface area contributed by atoms with Crippen molar-refractivity contribution in [1.82, 2.24) is 4.98 Å². The van der Waals surface area contributed by atoms with Crippen LogP contribution in [0.4, 0.5) is 11.4 Å². The van der Waals surface area contributed by atoms with Crippen molar-refractivity contribution in [2.45, 2.75) is 39.8 Å². The molecule has 0 spiro atoms. The van der Waals surface area contributed by atoms with Gasteiger partial charge in [-0.3, -0.25) is 9.78 Å². The lowest BCUT2D eigenvalue weighted by atomic mass is 10.1. The Kier molecular flexibility index (Phi) is 10.2. The minimum Gasteiger partial charge on any atom is -0.490 e. The fourth-order valence-corrected chi connectivity index (χ4v) is 3.73. The van der Waals surface area contributed by atoms with Crippen LogP contribution in [0.3, 0.4) is 0 Å². The number of carbonyl (C=O) groups excluding carboxylic acids is 2. The number of nitrogens with two attached hydrogens (primary N) is 1. The Hall–Kier alpha value is -4.51. The summed E-state index contributed by atoms with van der Waals surface area (Å²) in [6.45, 7) is 7.52. The number of esters is 1. The summed E-state index contributed by atoms with van der Waals surface area (Å²) in [6.07, 6.45) is 1.39. The molecule has 12 heteroatoms. The summed E-state index contributed by atoms with van der Waals surface area (Å²) in [6, 6.07) is 13.3. The molecule has 0 atom stereocenters. The van der Waals surface area contributed by atoms with Gasteiger partial charge in [0.2, 0.25) is 0 Å². The Morgan fingerprint density at radius 1 is 1.12 bits per heavy atom. The number of nitrogens with zero attached hydrogens (tertiary/aromatic N) is 2. The van der Waals surface area contributed by atoms with Gasteiger partial charge in [-0.05, 0) is 64.1 Å². The van der Waals surface area contributed by atoms with E-state index >= 15 is 0 Å². The zero-order chi connectivity index (χ0) is 29.3. The summed E-state index contributed by atoms with van der Waals surface area (Å²) in [5, 5.41) is 18.1. The van der Waals surface area contributed by atoms with E-state index in [1.807, 2.05) is 19.1 Å². The number of hydrogen-bond acceptors (Lipinski definition) is 9. The number of rotatable bonds is 11. The van der Waals surface area contributed by atoms with E-state index < -0.39 is 17.5 Å². The molecule has 2 aromatic carbocycles. The molecule has 40 heavy (non-hydrogen) atoms. The van der Waals surface area contributed by atoms with Crippen LogP contribution in [0.5, 0.6) is 11.5 Å². The van der Waals surface area contributed by atoms with Gasteiger partial charge in [-0.15, -0.1) is 0 Å². The predicted octanol–water partition coefficient (Wildman–Crippen LogP) is 4.81. The number of amidine groups is 1. The first-order chi connectivity index (χ1) is 19.0. The topological polar surface area (TPSA) is 157 Å². The van der Waals surface area contributed by atoms with Crippen LogP contribution in [0.15, 0.2) is 59.9 Å². The van der Waals surface area contributed by atoms with Crippen molar-refractivity contribution in [1.29, 1.82) is 0 Å². The Bertz CT molecular complexity index is 1370. The maximum Gasteiger partial charge on any atom is 0.344 e. The lowest BCUT2D eigenvalue weighted by Gasteiger charge is -2.21. The highest BCUT2D eigenvalue weighted by Gasteiger charge is 2.20. The van der Waals surface area contributed by atoms with Crippen LogP contribution in [0.25, 0.3) is 0 Å². The van der Waals surface area contributed by atoms with Crippen LogP contribution in [0, 0.1) is 0 Å². The van der Waals surface area contributed by atoms with E-state index in [2.05, 4.69) is 20.8 Å². The van der Waals surface area contributed by atoms with Gasteiger partial charge in [0.05, 0.1) is 24.1 Å². The maximum atomic E-state index is 13.1. The van der Waals surface area contributed by atoms with E-state index in [1.165, 1.54) is 18.3 Å². The first-order valence-corrected chi connectivity index (χ1v) is 12.8. The van der Waals surface area contributed by atoms with Crippen LogP contribution in [0.1, 0.15) is 49.3 Å². The van der Waals surface area contributed by atoms with Gasteiger partial charge in [0, 0.05) is 22.8 Å². The summed E-state index contributed by atoms with van der Waals surface area (Å²) in [5.41, 5.74) is 7.02. The molecule has 0 saturated heterocycles. The number of ether oxygens (including phenoxy) is 3. The van der Waals surface area contributed by atoms with Gasteiger partial charge in [0.15, 0.2) is 23.9 Å². The molecule has 1 heterocycles. The summed E-state index contributed by atoms with van der Waals surface area (Å²) in [5.74, 6) is -0.236. The molecule has 1 aromatic heterocycles. The molecule has 0 aliphatic heterocycles. The van der Waals surface area contributed by atoms with E-state index in [4.69, 9.17) is 36.8 Å². The second-order valence-corrected chi connectivity index (χ2v) is 9.90. The van der Waals surface area contributed by atoms with Crippen molar-refractivity contribution in [3.05, 3.63) is 76.6 Å². The van der Waals surface area contributed by atoms with Crippen molar-refractivity contribution in [2.75, 3.05) is 23.8 Å². The smallest absolute Gasteiger partial charge is 0.344 e. The molecule has 0 radical (unpaired) electrons. The quantitative estimate of drug-likeness (QED) is 0.0835. The maximum absolute atomic E-state index is 13.1. The Morgan fingerprint density at radius 2 is 1.90 bits per heavy atom. The van der Waals surface area contributed by atoms with Crippen molar-refractivity contribution in [2.24, 2.45) is 10.9 Å². The first-order valence-electron chi connectivity index (χ1n) is 12.4. The molecule has 1 amide bonds. The van der Waals surface area contributed by atoms with Crippen LogP contribution in [-0.4, -0.2) is 46.7 Å². The molecule has 0 aliphatic carbocycles. The standard InChI is InChI=1S/C28H32ClN5O6/c1-5-38-23-8-6-7-17(25(23)39-16-24(35)40-28(2,3)4)14-31-21-11-9-18(29)13-20(21)27(36)33-19-10-12-22(32-15-19)26(30)34-37/h6-13,15,31,37H,5,14,16H2,1-4H3,(H2,30,34)(H,33,36). The van der Waals surface area contributed by atoms with Gasteiger partial charge in [-0.25, -0.2) is 4.79 Å². The monoisotopic (exact) mass is 569 g/mol. The molecule has 0 bridgehead atoms. The second-order valence-electron chi connectivity index (χ2n) is 9.47. The SMILES string of the molecule is CCOc1cccc(CNc2ccc(Cl)cc2C(=O)Nc2ccc(C(N)=NO)nc2)c1OCC(=O)OC(C)(C)C. The number of oxime groups is 1. The highest BCUT2D eigenvalue weighted by Crippen LogP contribution is 2.33. The molecule has 0 saturated carbocycles. The number of para-hydroxylation sites is 1. The molecule has 5 N–H and O–H groups in total. The molecule has 0 unspecified atom stereocenters. The minimum absolute atomic E-state index is 0.151. The largest absolute Gasteiger partial charge is 0.490 e. The van der Waals surface area contributed by atoms with Gasteiger partial charge >= 0.3 is 5.97 Å². The molecular formula is C28H32ClN5O6. The fraction of sp³-hybridized carbons (Fsp3) is 0.286. The first kappa shape index (κ1) is 30.0. The van der Waals surface area contributed by atoms with Crippen molar-refractivity contribution < 1.29 is 29.0 Å². The lowest BCUT2D eigenvalue weighted by Crippen LogP contribution is -2.27. The zero-order valence-corrected chi connectivity index (χ0v) is 23.4. The average Bonchev–Trinajstić information content (AvgIpc) is 2.91. The highest BCUT2D eigenvalue weighted by molar-refractivity contribution is 6.31. The second kappa shape index (κ2) is 13.5. The van der Waals surface area contributed by atoms with E-state index in [-0.39, 0.29) is 30.2 Å². The van der Waals surface area contributed by atoms with Gasteiger partial charge in [0.25, 0.3) is 5.91 Å². The predicted molar refractivity (Wildman–Crippen MR) is 152 cm³/mol. The minimum atomic E-state index is -0.644. The van der Waals surface area contributed by atoms with E-state index in [9.17, 15) is 9.59 Å². The Morgan fingerprint density at radius 3 is 2.55 bits per heavy atom. The molecular weight excluding hydrogens is 538 g/mol. The Labute approximate surface area is 237 Å². The molecule has 0 aliphatic rings. The number of carbonyl (C=O) groups is 2. The van der Waals surface area contributed by atoms with Crippen LogP contribution in [-0.2, 0) is 16.1 Å². The van der Waals surface area contributed by atoms with Gasteiger partial charge in [-0.2, -0.15) is 0 Å². The number of anilines is 2. The summed E-state index contributed by atoms with van der Waals surface area (Å²) < 4.78 is 16.9. The van der Waals surface area contributed by atoms with Crippen LogP contribution in [0.2, 0.25) is 5.02 Å². The normalized spacial score (nSPS) is 11.5. The number of aromatic nitrogens is 1. The van der Waals surface area contributed by atoms with Gasteiger partial charge in [-0.1, -0.05) is 28.9 Å². The van der Waals surface area contributed by atoms with Crippen molar-refractivity contribution >= 4 is 40.7 Å². The number of nitrogens with one attached hydrogen (secondary N) is 2. The van der Waals surface area contributed by atoms with E-state index in [0.29, 0.717) is 40.1 Å². The van der Waals surface area contributed by atoms with E-state index in [1.54, 1.807) is 45.0 Å². The summed E-state index contributed by atoms with van der Waals surface area (Å²) in [4.78, 5) is 29.5. The molecule has 11 nitrogen and oxygen atoms in total. The molecule has 212 valence electrons. The highest BCUT2D eigenvalue weighted by atomic mass is 35.5. The number of hydrogen-bond donors (Lipinski definition) is 4. The number of amides is 1. The van der Waals surface area contributed by atoms with Crippen LogP contribution < -0.4 is 25.8 Å². The van der Waals surface area contributed by atoms with E-state index in [0.717, 1.165) is 0 Å². The average molecular weight is 570 g/mol. The fourth-order valence-electron chi connectivity index (χ4n) is 3.55. The third-order valence-electron chi connectivity index (χ3n) is 5.20. The van der Waals surface area contributed by atoms with Gasteiger partial charge < -0.3 is 35.8 Å². The third-order valence-corrected chi connectivity index (χ3v) is 5.44. The number of halogens is 1. The zero-order valence-electron chi connectivity index (χ0n) is 22.7. The third kappa shape index (κ3) is 8.50. The molecule has 3 rings (SSSR count).